The Labute approximate surface area is 263 Å². The van der Waals surface area contributed by atoms with E-state index < -0.39 is 10.0 Å². The van der Waals surface area contributed by atoms with Crippen LogP contribution in [0.2, 0.25) is 5.02 Å². The van der Waals surface area contributed by atoms with E-state index in [4.69, 9.17) is 21.1 Å². The van der Waals surface area contributed by atoms with Gasteiger partial charge in [-0.3, -0.25) is 4.79 Å². The average Bonchev–Trinajstić information content (AvgIpc) is 2.98. The van der Waals surface area contributed by atoms with Crippen LogP contribution in [0.25, 0.3) is 0 Å². The van der Waals surface area contributed by atoms with Crippen LogP contribution in [0, 0.1) is 32.6 Å². The number of nitrogens with one attached hydrogen (secondary N) is 1. The molecule has 2 aromatic rings. The van der Waals surface area contributed by atoms with Crippen LogP contribution in [0.15, 0.2) is 35.2 Å². The smallest absolute Gasteiger partial charge is 0.246 e. The first-order valence-electron chi connectivity index (χ1n) is 15.4. The van der Waals surface area contributed by atoms with Crippen molar-refractivity contribution in [3.8, 4) is 5.75 Å². The van der Waals surface area contributed by atoms with E-state index in [-0.39, 0.29) is 25.2 Å². The number of ether oxygens (including phenoxy) is 2. The summed E-state index contributed by atoms with van der Waals surface area (Å²) in [4.78, 5) is 15.3. The first kappa shape index (κ1) is 33.7. The number of hydrogen-bond donors (Lipinski definition) is 1. The Hall–Kier alpha value is -2.17. The van der Waals surface area contributed by atoms with Gasteiger partial charge in [-0.1, -0.05) is 23.7 Å². The Bertz CT molecular complexity index is 1360. The Morgan fingerprint density at radius 2 is 1.74 bits per heavy atom. The molecule has 0 aromatic heterocycles. The minimum atomic E-state index is -3.71. The van der Waals surface area contributed by atoms with E-state index in [1.807, 2.05) is 26.0 Å². The van der Waals surface area contributed by atoms with Crippen LogP contribution in [-0.2, 0) is 19.6 Å². The molecule has 43 heavy (non-hydrogen) atoms. The second-order valence-corrected chi connectivity index (χ2v) is 14.8. The lowest BCUT2D eigenvalue weighted by molar-refractivity contribution is -0.128. The molecule has 1 aliphatic carbocycles. The summed E-state index contributed by atoms with van der Waals surface area (Å²) < 4.78 is 40.2. The maximum Gasteiger partial charge on any atom is 0.246 e. The standard InChI is InChI=1S/C33H48ClN3O5S/c1-22-18-30(41-6)23(2)24(3)33(22)43(39,40)37-17-7-8-29(20-37)42-21-31(38)35-19-25-9-11-26(12-10-25)32(36(4)5)27-13-15-28(34)16-14-27/h13-16,18,25-26,29,32H,7-12,17,19-21H2,1-6H3,(H,35,38). The number of amides is 1. The number of carbonyl (C=O) groups excluding carboxylic acids is 1. The van der Waals surface area contributed by atoms with E-state index in [0.717, 1.165) is 42.7 Å². The SMILES string of the molecule is COc1cc(C)c(S(=O)(=O)N2CCCC(OCC(=O)NCC3CCC(C(c4ccc(Cl)cc4)N(C)C)CC3)C2)c(C)c1C. The number of benzene rings is 2. The highest BCUT2D eigenvalue weighted by Crippen LogP contribution is 2.39. The van der Waals surface area contributed by atoms with Gasteiger partial charge >= 0.3 is 0 Å². The van der Waals surface area contributed by atoms with Crippen LogP contribution in [0.1, 0.15) is 66.8 Å². The molecule has 0 radical (unpaired) electrons. The molecule has 2 aliphatic rings. The van der Waals surface area contributed by atoms with E-state index >= 15 is 0 Å². The summed E-state index contributed by atoms with van der Waals surface area (Å²) in [6.07, 6.45) is 5.46. The number of carbonyl (C=O) groups is 1. The molecule has 1 saturated heterocycles. The highest BCUT2D eigenvalue weighted by molar-refractivity contribution is 7.89. The van der Waals surface area contributed by atoms with E-state index in [1.54, 1.807) is 20.1 Å². The van der Waals surface area contributed by atoms with Crippen molar-refractivity contribution >= 4 is 27.5 Å². The van der Waals surface area contributed by atoms with E-state index in [0.29, 0.717) is 59.2 Å². The molecule has 10 heteroatoms. The van der Waals surface area contributed by atoms with Crippen molar-refractivity contribution in [2.24, 2.45) is 11.8 Å². The lowest BCUT2D eigenvalue weighted by Crippen LogP contribution is -2.44. The molecule has 1 amide bonds. The van der Waals surface area contributed by atoms with Gasteiger partial charge < -0.3 is 19.7 Å². The third-order valence-electron chi connectivity index (χ3n) is 9.28. The van der Waals surface area contributed by atoms with Gasteiger partial charge in [-0.05, 0) is 126 Å². The molecule has 4 rings (SSSR count). The summed E-state index contributed by atoms with van der Waals surface area (Å²) in [5.41, 5.74) is 3.48. The highest BCUT2D eigenvalue weighted by atomic mass is 35.5. The van der Waals surface area contributed by atoms with Crippen molar-refractivity contribution in [2.45, 2.75) is 76.3 Å². The maximum absolute atomic E-state index is 13.7. The van der Waals surface area contributed by atoms with Gasteiger partial charge in [0, 0.05) is 30.7 Å². The Balaban J connectivity index is 1.24. The number of methoxy groups -OCH3 is 1. The first-order valence-corrected chi connectivity index (χ1v) is 17.2. The number of aryl methyl sites for hydroxylation is 1. The Morgan fingerprint density at radius 3 is 2.37 bits per heavy atom. The molecule has 1 saturated carbocycles. The van der Waals surface area contributed by atoms with Crippen molar-refractivity contribution < 1.29 is 22.7 Å². The Morgan fingerprint density at radius 1 is 1.07 bits per heavy atom. The third-order valence-corrected chi connectivity index (χ3v) is 11.7. The third kappa shape index (κ3) is 8.11. The Kier molecular flexibility index (Phi) is 11.6. The quantitative estimate of drug-likeness (QED) is 0.343. The maximum atomic E-state index is 13.7. The first-order chi connectivity index (χ1) is 20.4. The number of nitrogens with zero attached hydrogens (tertiary/aromatic N) is 2. The molecule has 2 fully saturated rings. The van der Waals surface area contributed by atoms with Crippen LogP contribution in [0.3, 0.4) is 0 Å². The summed E-state index contributed by atoms with van der Waals surface area (Å²) in [7, 11) is 2.14. The van der Waals surface area contributed by atoms with Crippen LogP contribution in [0.4, 0.5) is 0 Å². The zero-order valence-electron chi connectivity index (χ0n) is 26.5. The summed E-state index contributed by atoms with van der Waals surface area (Å²) in [6, 6.07) is 10.3. The van der Waals surface area contributed by atoms with Crippen LogP contribution in [0.5, 0.6) is 5.75 Å². The molecule has 1 aliphatic heterocycles. The van der Waals surface area contributed by atoms with Gasteiger partial charge in [0.2, 0.25) is 15.9 Å². The van der Waals surface area contributed by atoms with Gasteiger partial charge in [0.15, 0.2) is 0 Å². The number of piperidine rings is 1. The fourth-order valence-electron chi connectivity index (χ4n) is 6.88. The lowest BCUT2D eigenvalue weighted by atomic mass is 9.76. The predicted octanol–water partition coefficient (Wildman–Crippen LogP) is 5.67. The number of rotatable bonds is 11. The van der Waals surface area contributed by atoms with Crippen molar-refractivity contribution in [3.63, 3.8) is 0 Å². The van der Waals surface area contributed by atoms with Crippen LogP contribution in [-0.4, -0.2) is 77.1 Å². The zero-order valence-corrected chi connectivity index (χ0v) is 28.1. The number of hydrogen-bond acceptors (Lipinski definition) is 6. The molecule has 0 bridgehead atoms. The van der Waals surface area contributed by atoms with Crippen molar-refractivity contribution in [2.75, 3.05) is 47.4 Å². The van der Waals surface area contributed by atoms with E-state index in [1.165, 1.54) is 9.87 Å². The molecule has 0 spiro atoms. The minimum Gasteiger partial charge on any atom is -0.496 e. The van der Waals surface area contributed by atoms with Gasteiger partial charge in [-0.15, -0.1) is 0 Å². The van der Waals surface area contributed by atoms with Gasteiger partial charge in [0.25, 0.3) is 0 Å². The fourth-order valence-corrected chi connectivity index (χ4v) is 9.00. The van der Waals surface area contributed by atoms with Crippen molar-refractivity contribution in [3.05, 3.63) is 57.6 Å². The van der Waals surface area contributed by atoms with Crippen LogP contribution >= 0.6 is 11.6 Å². The molecular weight excluding hydrogens is 586 g/mol. The molecule has 1 heterocycles. The van der Waals surface area contributed by atoms with Crippen molar-refractivity contribution in [1.29, 1.82) is 0 Å². The average molecular weight is 634 g/mol. The second kappa shape index (κ2) is 14.7. The van der Waals surface area contributed by atoms with E-state index in [2.05, 4.69) is 36.4 Å². The number of sulfonamides is 1. The fraction of sp³-hybridized carbons (Fsp3) is 0.606. The largest absolute Gasteiger partial charge is 0.496 e. The van der Waals surface area contributed by atoms with Gasteiger partial charge in [0.05, 0.1) is 18.1 Å². The van der Waals surface area contributed by atoms with Gasteiger partial charge in [-0.25, -0.2) is 8.42 Å². The van der Waals surface area contributed by atoms with Crippen LogP contribution < -0.4 is 10.1 Å². The van der Waals surface area contributed by atoms with Gasteiger partial charge in [0.1, 0.15) is 12.4 Å². The molecule has 1 N–H and O–H groups in total. The summed E-state index contributed by atoms with van der Waals surface area (Å²) in [5.74, 6) is 1.55. The molecule has 2 atom stereocenters. The minimum absolute atomic E-state index is 0.0626. The summed E-state index contributed by atoms with van der Waals surface area (Å²) in [6.45, 7) is 6.76. The molecule has 2 unspecified atom stereocenters. The zero-order chi connectivity index (χ0) is 31.3. The monoisotopic (exact) mass is 633 g/mol. The molecular formula is C33H48ClN3O5S. The number of halogens is 1. The predicted molar refractivity (Wildman–Crippen MR) is 171 cm³/mol. The van der Waals surface area contributed by atoms with Gasteiger partial charge in [-0.2, -0.15) is 4.31 Å². The molecule has 8 nitrogen and oxygen atoms in total. The molecule has 238 valence electrons. The van der Waals surface area contributed by atoms with Crippen molar-refractivity contribution in [1.82, 2.24) is 14.5 Å². The lowest BCUT2D eigenvalue weighted by Gasteiger charge is -2.37. The highest BCUT2D eigenvalue weighted by Gasteiger charge is 2.34. The summed E-state index contributed by atoms with van der Waals surface area (Å²) in [5, 5.41) is 3.82. The summed E-state index contributed by atoms with van der Waals surface area (Å²) >= 11 is 6.11. The molecule has 2 aromatic carbocycles. The second-order valence-electron chi connectivity index (χ2n) is 12.5. The normalized spacial score (nSPS) is 22.4. The topological polar surface area (TPSA) is 88.2 Å². The van der Waals surface area contributed by atoms with E-state index in [9.17, 15) is 13.2 Å².